The van der Waals surface area contributed by atoms with Crippen molar-refractivity contribution in [2.75, 3.05) is 0 Å². The van der Waals surface area contributed by atoms with Crippen molar-refractivity contribution in [2.24, 2.45) is 0 Å². The van der Waals surface area contributed by atoms with Crippen LogP contribution < -0.4 is 0 Å². The van der Waals surface area contributed by atoms with Gasteiger partial charge < -0.3 is 20.4 Å². The van der Waals surface area contributed by atoms with E-state index in [2.05, 4.69) is 19.9 Å². The largest absolute Gasteiger partial charge is 0.493 e. The van der Waals surface area contributed by atoms with Gasteiger partial charge in [0.1, 0.15) is 0 Å². The topological polar surface area (TPSA) is 132 Å². The quantitative estimate of drug-likeness (QED) is 0.123. The summed E-state index contributed by atoms with van der Waals surface area (Å²) in [5.74, 6) is 0.291. The molecule has 4 aromatic heterocycles. The molecule has 4 aromatic carbocycles. The molecule has 0 unspecified atom stereocenters. The first-order chi connectivity index (χ1) is 21.4. The molecule has 4 N–H and O–H groups in total. The molecule has 9 heteroatoms. The predicted molar refractivity (Wildman–Crippen MR) is 174 cm³/mol. The maximum Gasteiger partial charge on any atom is 0.211 e. The summed E-state index contributed by atoms with van der Waals surface area (Å²) in [6, 6.07) is 44.4. The molecule has 0 amide bonds. The minimum Gasteiger partial charge on any atom is -0.493 e. The van der Waals surface area contributed by atoms with Gasteiger partial charge in [-0.1, -0.05) is 72.8 Å². The molecule has 4 heterocycles. The number of pyridine rings is 4. The van der Waals surface area contributed by atoms with E-state index in [9.17, 15) is 0 Å². The Morgan fingerprint density at radius 1 is 0.267 bits per heavy atom. The fourth-order valence-electron chi connectivity index (χ4n) is 4.22. The van der Waals surface area contributed by atoms with E-state index in [4.69, 9.17) is 20.4 Å². The monoisotopic (exact) mass is 772 g/mol. The summed E-state index contributed by atoms with van der Waals surface area (Å²) in [6.07, 6.45) is 0. The zero-order chi connectivity index (χ0) is 30.7. The molecule has 0 radical (unpaired) electrons. The van der Waals surface area contributed by atoms with Crippen LogP contribution in [0.4, 0.5) is 0 Å². The number of aromatic nitrogens is 4. The number of nitrogens with zero attached hydrogens (tertiary/aromatic N) is 4. The smallest absolute Gasteiger partial charge is 0.211 e. The Bertz CT molecular complexity index is 1850. The van der Waals surface area contributed by atoms with Crippen LogP contribution in [0.2, 0.25) is 0 Å². The van der Waals surface area contributed by atoms with Crippen molar-refractivity contribution >= 4 is 43.6 Å². The zero-order valence-electron chi connectivity index (χ0n) is 23.8. The van der Waals surface area contributed by atoms with E-state index in [1.807, 2.05) is 121 Å². The van der Waals surface area contributed by atoms with Crippen molar-refractivity contribution in [2.45, 2.75) is 0 Å². The predicted octanol–water partition coefficient (Wildman–Crippen LogP) is 7.76. The Morgan fingerprint density at radius 3 is 0.689 bits per heavy atom. The van der Waals surface area contributed by atoms with Crippen LogP contribution in [0.15, 0.2) is 146 Å². The van der Waals surface area contributed by atoms with Gasteiger partial charge in [-0.3, -0.25) is 0 Å². The molecular weight excluding hydrogens is 743 g/mol. The Kier molecular flexibility index (Phi) is 11.3. The van der Waals surface area contributed by atoms with Gasteiger partial charge in [-0.2, -0.15) is 0 Å². The number of aromatic hydroxyl groups is 4. The van der Waals surface area contributed by atoms with Gasteiger partial charge in [-0.25, -0.2) is 19.9 Å². The number of hydrogen-bond acceptors (Lipinski definition) is 8. The van der Waals surface area contributed by atoms with Crippen molar-refractivity contribution in [1.29, 1.82) is 0 Å². The minimum absolute atomic E-state index is 0. The van der Waals surface area contributed by atoms with Crippen LogP contribution in [0.5, 0.6) is 23.5 Å². The molecule has 0 aliphatic rings. The molecule has 0 atom stereocenters. The summed E-state index contributed by atoms with van der Waals surface area (Å²) >= 11 is 0. The Morgan fingerprint density at radius 2 is 0.467 bits per heavy atom. The maximum absolute atomic E-state index is 9.02. The SMILES string of the molecule is Oc1ccc2ccccc2n1.Oc1ccc2ccccc2n1.Oc1ccc2ccccc2n1.Oc1ccc2ccccc2n1.[Os]. The van der Waals surface area contributed by atoms with Crippen molar-refractivity contribution in [3.05, 3.63) is 146 Å². The standard InChI is InChI=1S/4C9H7NO.Os/c4*11-9-6-5-7-3-1-2-4-8(7)10-9;/h4*1-6H,(H,10,11);. The van der Waals surface area contributed by atoms with Crippen LogP contribution in [0.25, 0.3) is 43.6 Å². The van der Waals surface area contributed by atoms with E-state index < -0.39 is 0 Å². The van der Waals surface area contributed by atoms with E-state index in [1.165, 1.54) is 0 Å². The normalized spacial score (nSPS) is 9.96. The van der Waals surface area contributed by atoms with Crippen LogP contribution >= 0.6 is 0 Å². The van der Waals surface area contributed by atoms with Gasteiger partial charge >= 0.3 is 0 Å². The van der Waals surface area contributed by atoms with Crippen molar-refractivity contribution in [1.82, 2.24) is 19.9 Å². The Hall–Kier alpha value is -5.64. The molecular formula is C36H28N4O4Os. The number of benzene rings is 4. The van der Waals surface area contributed by atoms with Crippen LogP contribution in [-0.4, -0.2) is 40.4 Å². The van der Waals surface area contributed by atoms with Crippen LogP contribution in [0.1, 0.15) is 0 Å². The summed E-state index contributed by atoms with van der Waals surface area (Å²) in [6.45, 7) is 0. The molecule has 8 nitrogen and oxygen atoms in total. The van der Waals surface area contributed by atoms with Gasteiger partial charge in [0.2, 0.25) is 23.5 Å². The van der Waals surface area contributed by atoms with E-state index in [1.54, 1.807) is 24.3 Å². The van der Waals surface area contributed by atoms with Crippen LogP contribution in [0.3, 0.4) is 0 Å². The van der Waals surface area contributed by atoms with Gasteiger partial charge in [0.05, 0.1) is 22.1 Å². The molecule has 0 spiro atoms. The van der Waals surface area contributed by atoms with E-state index in [0.29, 0.717) is 0 Å². The number of rotatable bonds is 0. The number of hydrogen-bond donors (Lipinski definition) is 4. The van der Waals surface area contributed by atoms with Crippen LogP contribution in [-0.2, 0) is 19.8 Å². The summed E-state index contributed by atoms with van der Waals surface area (Å²) in [5, 5.41) is 40.3. The molecule has 0 saturated carbocycles. The summed E-state index contributed by atoms with van der Waals surface area (Å²) in [5.41, 5.74) is 3.31. The molecule has 0 aliphatic carbocycles. The van der Waals surface area contributed by atoms with Crippen molar-refractivity contribution in [3.63, 3.8) is 0 Å². The first kappa shape index (κ1) is 32.3. The fraction of sp³-hybridized carbons (Fsp3) is 0. The minimum atomic E-state index is 0. The summed E-state index contributed by atoms with van der Waals surface area (Å²) < 4.78 is 0. The second-order valence-electron chi connectivity index (χ2n) is 9.45. The van der Waals surface area contributed by atoms with Gasteiger partial charge in [-0.05, 0) is 48.5 Å². The first-order valence-corrected chi connectivity index (χ1v) is 13.6. The molecule has 8 aromatic rings. The third kappa shape index (κ3) is 9.17. The second kappa shape index (κ2) is 15.7. The summed E-state index contributed by atoms with van der Waals surface area (Å²) in [4.78, 5) is 15.7. The molecule has 0 aliphatic heterocycles. The van der Waals surface area contributed by atoms with Gasteiger partial charge in [0, 0.05) is 65.6 Å². The third-order valence-electron chi connectivity index (χ3n) is 6.33. The van der Waals surface area contributed by atoms with Crippen molar-refractivity contribution in [3.8, 4) is 23.5 Å². The Labute approximate surface area is 272 Å². The molecule has 45 heavy (non-hydrogen) atoms. The average Bonchev–Trinajstić information content (AvgIpc) is 3.05. The second-order valence-corrected chi connectivity index (χ2v) is 9.45. The number of para-hydroxylation sites is 4. The molecule has 0 bridgehead atoms. The molecule has 8 rings (SSSR count). The molecule has 0 fully saturated rings. The van der Waals surface area contributed by atoms with E-state index in [-0.39, 0.29) is 43.3 Å². The zero-order valence-corrected chi connectivity index (χ0v) is 26.3. The van der Waals surface area contributed by atoms with E-state index >= 15 is 0 Å². The van der Waals surface area contributed by atoms with E-state index in [0.717, 1.165) is 43.6 Å². The van der Waals surface area contributed by atoms with Crippen LogP contribution in [0, 0.1) is 0 Å². The van der Waals surface area contributed by atoms with Gasteiger partial charge in [-0.15, -0.1) is 0 Å². The fourth-order valence-corrected chi connectivity index (χ4v) is 4.22. The summed E-state index contributed by atoms with van der Waals surface area (Å²) in [7, 11) is 0. The number of fused-ring (bicyclic) bond motifs is 4. The average molecular weight is 771 g/mol. The van der Waals surface area contributed by atoms with Crippen molar-refractivity contribution < 1.29 is 40.2 Å². The maximum atomic E-state index is 9.02. The third-order valence-corrected chi connectivity index (χ3v) is 6.33. The first-order valence-electron chi connectivity index (χ1n) is 13.6. The van der Waals surface area contributed by atoms with Gasteiger partial charge in [0.25, 0.3) is 0 Å². The molecule has 224 valence electrons. The molecule has 0 saturated heterocycles. The van der Waals surface area contributed by atoms with Gasteiger partial charge in [0.15, 0.2) is 0 Å². The Balaban J connectivity index is 0.000000136.